The van der Waals surface area contributed by atoms with E-state index >= 15 is 0 Å². The van der Waals surface area contributed by atoms with Crippen molar-refractivity contribution in [2.24, 2.45) is 11.1 Å². The molecular weight excluding hydrogens is 270 g/mol. The van der Waals surface area contributed by atoms with Crippen LogP contribution in [0.5, 0.6) is 0 Å². The van der Waals surface area contributed by atoms with Crippen molar-refractivity contribution in [2.45, 2.75) is 57.5 Å². The van der Waals surface area contributed by atoms with Crippen molar-refractivity contribution in [3.05, 3.63) is 34.9 Å². The second-order valence-electron chi connectivity index (χ2n) is 6.33. The largest absolute Gasteiger partial charge is 0.385 e. The van der Waals surface area contributed by atoms with Crippen LogP contribution in [0.4, 0.5) is 0 Å². The minimum absolute atomic E-state index is 0.221. The highest BCUT2D eigenvalue weighted by molar-refractivity contribution is 6.30. The third kappa shape index (κ3) is 3.03. The first kappa shape index (κ1) is 15.8. The topological polar surface area (TPSA) is 46.2 Å². The summed E-state index contributed by atoms with van der Waals surface area (Å²) in [7, 11) is 0. The molecule has 0 bridgehead atoms. The van der Waals surface area contributed by atoms with Crippen LogP contribution in [0, 0.1) is 5.41 Å². The molecule has 0 amide bonds. The fourth-order valence-corrected chi connectivity index (χ4v) is 3.68. The average Bonchev–Trinajstić information content (AvgIpc) is 2.39. The molecule has 1 saturated carbocycles. The van der Waals surface area contributed by atoms with Crippen LogP contribution in [0.25, 0.3) is 0 Å². The van der Waals surface area contributed by atoms with Crippen LogP contribution in [0.2, 0.25) is 5.02 Å². The molecule has 2 nitrogen and oxygen atoms in total. The van der Waals surface area contributed by atoms with Gasteiger partial charge in [0.25, 0.3) is 0 Å². The van der Waals surface area contributed by atoms with Gasteiger partial charge in [0.1, 0.15) is 0 Å². The molecule has 2 rings (SSSR count). The molecule has 1 fully saturated rings. The van der Waals surface area contributed by atoms with Gasteiger partial charge in [0, 0.05) is 17.0 Å². The van der Waals surface area contributed by atoms with Crippen LogP contribution in [0.3, 0.4) is 0 Å². The molecule has 0 aromatic heterocycles. The highest BCUT2D eigenvalue weighted by Crippen LogP contribution is 2.47. The summed E-state index contributed by atoms with van der Waals surface area (Å²) in [6, 6.07) is 7.55. The SMILES string of the molecule is CC(O)(c1ccc(Cl)cc1)C1(CN)CCCCCCC1. The lowest BCUT2D eigenvalue weighted by Gasteiger charge is -2.46. The van der Waals surface area contributed by atoms with Crippen molar-refractivity contribution in [3.8, 4) is 0 Å². The lowest BCUT2D eigenvalue weighted by molar-refractivity contribution is -0.0864. The van der Waals surface area contributed by atoms with Gasteiger partial charge in [0.15, 0.2) is 0 Å². The molecule has 1 unspecified atom stereocenters. The fourth-order valence-electron chi connectivity index (χ4n) is 3.55. The summed E-state index contributed by atoms with van der Waals surface area (Å²) in [5.74, 6) is 0. The first-order valence-electron chi connectivity index (χ1n) is 7.70. The van der Waals surface area contributed by atoms with Crippen LogP contribution in [0.1, 0.15) is 57.4 Å². The zero-order valence-electron chi connectivity index (χ0n) is 12.4. The van der Waals surface area contributed by atoms with E-state index < -0.39 is 5.60 Å². The molecule has 3 N–H and O–H groups in total. The van der Waals surface area contributed by atoms with E-state index in [0.717, 1.165) is 31.2 Å². The summed E-state index contributed by atoms with van der Waals surface area (Å²) in [5.41, 5.74) is 5.93. The van der Waals surface area contributed by atoms with E-state index in [1.807, 2.05) is 31.2 Å². The fraction of sp³-hybridized carbons (Fsp3) is 0.647. The van der Waals surface area contributed by atoms with Crippen LogP contribution in [-0.2, 0) is 5.60 Å². The summed E-state index contributed by atoms with van der Waals surface area (Å²) in [6.07, 6.45) is 8.11. The molecule has 0 radical (unpaired) electrons. The van der Waals surface area contributed by atoms with E-state index in [1.54, 1.807) is 0 Å². The Morgan fingerprint density at radius 1 is 1.10 bits per heavy atom. The maximum Gasteiger partial charge on any atom is 0.0936 e. The normalized spacial score (nSPS) is 22.6. The maximum absolute atomic E-state index is 11.2. The molecule has 112 valence electrons. The van der Waals surface area contributed by atoms with E-state index in [-0.39, 0.29) is 5.41 Å². The van der Waals surface area contributed by atoms with Gasteiger partial charge < -0.3 is 10.8 Å². The van der Waals surface area contributed by atoms with Crippen molar-refractivity contribution < 1.29 is 5.11 Å². The van der Waals surface area contributed by atoms with Crippen molar-refractivity contribution in [1.29, 1.82) is 0 Å². The Balaban J connectivity index is 2.33. The van der Waals surface area contributed by atoms with E-state index in [1.165, 1.54) is 19.3 Å². The minimum Gasteiger partial charge on any atom is -0.385 e. The number of rotatable bonds is 3. The number of nitrogens with two attached hydrogens (primary N) is 1. The van der Waals surface area contributed by atoms with E-state index in [4.69, 9.17) is 17.3 Å². The molecule has 3 heteroatoms. The molecule has 0 spiro atoms. The van der Waals surface area contributed by atoms with Gasteiger partial charge in [-0.15, -0.1) is 0 Å². The second kappa shape index (κ2) is 6.46. The molecule has 0 aliphatic heterocycles. The van der Waals surface area contributed by atoms with E-state index in [2.05, 4.69) is 0 Å². The van der Waals surface area contributed by atoms with Crippen LogP contribution >= 0.6 is 11.6 Å². The monoisotopic (exact) mass is 295 g/mol. The summed E-state index contributed by atoms with van der Waals surface area (Å²) in [4.78, 5) is 0. The zero-order valence-corrected chi connectivity index (χ0v) is 13.1. The Bertz CT molecular complexity index is 419. The standard InChI is InChI=1S/C17H26ClNO/c1-16(20,14-7-9-15(18)10-8-14)17(13-19)11-5-3-2-4-6-12-17/h7-10,20H,2-6,11-13,19H2,1H3. The number of benzene rings is 1. The van der Waals surface area contributed by atoms with Gasteiger partial charge in [-0.1, -0.05) is 55.8 Å². The molecule has 1 aliphatic carbocycles. The first-order valence-corrected chi connectivity index (χ1v) is 8.08. The third-order valence-corrected chi connectivity index (χ3v) is 5.39. The molecular formula is C17H26ClNO. The average molecular weight is 296 g/mol. The van der Waals surface area contributed by atoms with Gasteiger partial charge in [-0.2, -0.15) is 0 Å². The van der Waals surface area contributed by atoms with Crippen LogP contribution in [-0.4, -0.2) is 11.7 Å². The molecule has 0 saturated heterocycles. The predicted molar refractivity (Wildman–Crippen MR) is 84.8 cm³/mol. The van der Waals surface area contributed by atoms with Gasteiger partial charge in [0.2, 0.25) is 0 Å². The minimum atomic E-state index is -0.899. The third-order valence-electron chi connectivity index (χ3n) is 5.14. The van der Waals surface area contributed by atoms with Crippen molar-refractivity contribution in [1.82, 2.24) is 0 Å². The number of hydrogen-bond acceptors (Lipinski definition) is 2. The Morgan fingerprint density at radius 2 is 1.60 bits per heavy atom. The summed E-state index contributed by atoms with van der Waals surface area (Å²) < 4.78 is 0. The highest BCUT2D eigenvalue weighted by atomic mass is 35.5. The van der Waals surface area contributed by atoms with E-state index in [0.29, 0.717) is 11.6 Å². The summed E-state index contributed by atoms with van der Waals surface area (Å²) >= 11 is 5.96. The molecule has 1 aromatic carbocycles. The van der Waals surface area contributed by atoms with Crippen LogP contribution < -0.4 is 5.73 Å². The zero-order chi connectivity index (χ0) is 14.6. The Morgan fingerprint density at radius 3 is 2.10 bits per heavy atom. The van der Waals surface area contributed by atoms with Crippen molar-refractivity contribution in [3.63, 3.8) is 0 Å². The van der Waals surface area contributed by atoms with Gasteiger partial charge in [-0.25, -0.2) is 0 Å². The van der Waals surface area contributed by atoms with Gasteiger partial charge >= 0.3 is 0 Å². The molecule has 1 aromatic rings. The van der Waals surface area contributed by atoms with Crippen molar-refractivity contribution >= 4 is 11.6 Å². The molecule has 0 heterocycles. The van der Waals surface area contributed by atoms with Gasteiger partial charge in [-0.05, 0) is 37.5 Å². The predicted octanol–water partition coefficient (Wildman–Crippen LogP) is 4.24. The van der Waals surface area contributed by atoms with Crippen LogP contribution in [0.15, 0.2) is 24.3 Å². The highest BCUT2D eigenvalue weighted by Gasteiger charge is 2.46. The lowest BCUT2D eigenvalue weighted by Crippen LogP contribution is -2.49. The van der Waals surface area contributed by atoms with E-state index in [9.17, 15) is 5.11 Å². The smallest absolute Gasteiger partial charge is 0.0936 e. The Labute approximate surface area is 127 Å². The molecule has 1 atom stereocenters. The summed E-state index contributed by atoms with van der Waals surface area (Å²) in [6.45, 7) is 2.45. The molecule has 20 heavy (non-hydrogen) atoms. The molecule has 1 aliphatic rings. The number of aliphatic hydroxyl groups is 1. The Kier molecular flexibility index (Phi) is 5.11. The number of halogens is 1. The van der Waals surface area contributed by atoms with Gasteiger partial charge in [0.05, 0.1) is 5.60 Å². The quantitative estimate of drug-likeness (QED) is 0.876. The van der Waals surface area contributed by atoms with Gasteiger partial charge in [-0.3, -0.25) is 0 Å². The van der Waals surface area contributed by atoms with Crippen molar-refractivity contribution in [2.75, 3.05) is 6.54 Å². The maximum atomic E-state index is 11.2. The summed E-state index contributed by atoms with van der Waals surface area (Å²) in [5, 5.41) is 11.9. The number of hydrogen-bond donors (Lipinski definition) is 2. The first-order chi connectivity index (χ1) is 9.52. The Hall–Kier alpha value is -0.570. The lowest BCUT2D eigenvalue weighted by atomic mass is 9.63. The second-order valence-corrected chi connectivity index (χ2v) is 6.77.